The van der Waals surface area contributed by atoms with E-state index in [4.69, 9.17) is 11.6 Å². The molecule has 1 heterocycles. The number of aromatic nitrogens is 1. The van der Waals surface area contributed by atoms with Crippen molar-refractivity contribution in [2.75, 3.05) is 11.9 Å². The molecule has 0 aliphatic carbocycles. The predicted octanol–water partition coefficient (Wildman–Crippen LogP) is 3.46. The number of alkyl halides is 1. The molecule has 0 saturated heterocycles. The third-order valence-electron chi connectivity index (χ3n) is 2.40. The molecule has 0 aliphatic heterocycles. The number of nitrogens with zero attached hydrogens (tertiary/aromatic N) is 1. The quantitative estimate of drug-likeness (QED) is 0.799. The van der Waals surface area contributed by atoms with Crippen LogP contribution in [0.1, 0.15) is 26.3 Å². The van der Waals surface area contributed by atoms with Crippen LogP contribution in [0, 0.1) is 12.3 Å². The minimum absolute atomic E-state index is 0.0962. The van der Waals surface area contributed by atoms with Crippen LogP contribution in [0.2, 0.25) is 0 Å². The number of anilines is 1. The van der Waals surface area contributed by atoms with Gasteiger partial charge in [0.15, 0.2) is 0 Å². The monoisotopic (exact) mass is 226 g/mol. The Kier molecular flexibility index (Phi) is 3.97. The maximum absolute atomic E-state index is 6.27. The lowest BCUT2D eigenvalue weighted by atomic mass is 9.92. The summed E-state index contributed by atoms with van der Waals surface area (Å²) in [6, 6.07) is 3.97. The third kappa shape index (κ3) is 3.71. The zero-order valence-corrected chi connectivity index (χ0v) is 10.6. The first kappa shape index (κ1) is 12.3. The van der Waals surface area contributed by atoms with Crippen molar-refractivity contribution in [2.24, 2.45) is 5.41 Å². The molecule has 84 valence electrons. The molecule has 0 spiro atoms. The lowest BCUT2D eigenvalue weighted by Crippen LogP contribution is -2.28. The van der Waals surface area contributed by atoms with Crippen molar-refractivity contribution in [3.8, 4) is 0 Å². The van der Waals surface area contributed by atoms with Gasteiger partial charge in [0.1, 0.15) is 5.82 Å². The van der Waals surface area contributed by atoms with Gasteiger partial charge in [-0.15, -0.1) is 11.6 Å². The van der Waals surface area contributed by atoms with Gasteiger partial charge in [0, 0.05) is 12.7 Å². The summed E-state index contributed by atoms with van der Waals surface area (Å²) in [6.45, 7) is 9.19. The maximum atomic E-state index is 6.27. The van der Waals surface area contributed by atoms with Crippen LogP contribution in [-0.4, -0.2) is 16.9 Å². The Morgan fingerprint density at radius 2 is 2.13 bits per heavy atom. The molecule has 0 radical (unpaired) electrons. The molecule has 15 heavy (non-hydrogen) atoms. The smallest absolute Gasteiger partial charge is 0.128 e. The van der Waals surface area contributed by atoms with Crippen molar-refractivity contribution in [3.63, 3.8) is 0 Å². The Hall–Kier alpha value is -0.760. The predicted molar refractivity (Wildman–Crippen MR) is 66.6 cm³/mol. The standard InChI is InChI=1S/C12H19ClN2/c1-9-6-5-7-14-11(9)15-8-10(13)12(2,3)4/h5-7,10H,8H2,1-4H3,(H,14,15). The second-order valence-electron chi connectivity index (χ2n) is 4.88. The Morgan fingerprint density at radius 1 is 1.47 bits per heavy atom. The fourth-order valence-corrected chi connectivity index (χ4v) is 1.24. The summed E-state index contributed by atoms with van der Waals surface area (Å²) in [6.07, 6.45) is 1.79. The number of aryl methyl sites for hydroxylation is 1. The van der Waals surface area contributed by atoms with E-state index in [1.165, 1.54) is 0 Å². The van der Waals surface area contributed by atoms with Gasteiger partial charge in [0.05, 0.1) is 5.38 Å². The highest BCUT2D eigenvalue weighted by molar-refractivity contribution is 6.21. The SMILES string of the molecule is Cc1cccnc1NCC(Cl)C(C)(C)C. The average Bonchev–Trinajstić information content (AvgIpc) is 2.14. The lowest BCUT2D eigenvalue weighted by Gasteiger charge is -2.25. The molecule has 0 aliphatic rings. The Balaban J connectivity index is 2.55. The molecule has 0 fully saturated rings. The van der Waals surface area contributed by atoms with Crippen molar-refractivity contribution in [3.05, 3.63) is 23.9 Å². The van der Waals surface area contributed by atoms with Gasteiger partial charge in [0.25, 0.3) is 0 Å². The van der Waals surface area contributed by atoms with E-state index in [0.717, 1.165) is 17.9 Å². The van der Waals surface area contributed by atoms with Gasteiger partial charge in [-0.3, -0.25) is 0 Å². The first-order valence-electron chi connectivity index (χ1n) is 5.21. The molecular weight excluding hydrogens is 208 g/mol. The van der Waals surface area contributed by atoms with E-state index in [0.29, 0.717) is 0 Å². The minimum atomic E-state index is 0.0962. The normalized spacial score (nSPS) is 13.7. The molecule has 2 nitrogen and oxygen atoms in total. The molecule has 0 bridgehead atoms. The lowest BCUT2D eigenvalue weighted by molar-refractivity contribution is 0.397. The van der Waals surface area contributed by atoms with Gasteiger partial charge in [-0.2, -0.15) is 0 Å². The van der Waals surface area contributed by atoms with Crippen molar-refractivity contribution < 1.29 is 0 Å². The van der Waals surface area contributed by atoms with Gasteiger partial charge in [-0.25, -0.2) is 4.98 Å². The van der Waals surface area contributed by atoms with Crippen LogP contribution >= 0.6 is 11.6 Å². The molecule has 0 amide bonds. The van der Waals surface area contributed by atoms with E-state index < -0.39 is 0 Å². The number of pyridine rings is 1. The zero-order valence-electron chi connectivity index (χ0n) is 9.84. The molecule has 1 rings (SSSR count). The van der Waals surface area contributed by atoms with E-state index in [-0.39, 0.29) is 10.8 Å². The average molecular weight is 227 g/mol. The van der Waals surface area contributed by atoms with E-state index in [1.807, 2.05) is 19.1 Å². The number of nitrogens with one attached hydrogen (secondary N) is 1. The van der Waals surface area contributed by atoms with Gasteiger partial charge in [-0.1, -0.05) is 26.8 Å². The van der Waals surface area contributed by atoms with Gasteiger partial charge in [-0.05, 0) is 24.0 Å². The molecule has 3 heteroatoms. The highest BCUT2D eigenvalue weighted by Gasteiger charge is 2.21. The second kappa shape index (κ2) is 4.84. The molecule has 1 unspecified atom stereocenters. The first-order valence-corrected chi connectivity index (χ1v) is 5.64. The van der Waals surface area contributed by atoms with Gasteiger partial charge >= 0.3 is 0 Å². The summed E-state index contributed by atoms with van der Waals surface area (Å²) in [5, 5.41) is 3.37. The van der Waals surface area contributed by atoms with Crippen LogP contribution in [0.4, 0.5) is 5.82 Å². The van der Waals surface area contributed by atoms with Crippen LogP contribution < -0.4 is 5.32 Å². The Labute approximate surface area is 97.1 Å². The molecular formula is C12H19ClN2. The summed E-state index contributed by atoms with van der Waals surface area (Å²) in [4.78, 5) is 4.26. The van der Waals surface area contributed by atoms with Crippen molar-refractivity contribution in [1.29, 1.82) is 0 Å². The summed E-state index contributed by atoms with van der Waals surface area (Å²) in [5.41, 5.74) is 1.26. The summed E-state index contributed by atoms with van der Waals surface area (Å²) < 4.78 is 0. The van der Waals surface area contributed by atoms with Crippen LogP contribution in [0.3, 0.4) is 0 Å². The second-order valence-corrected chi connectivity index (χ2v) is 5.41. The van der Waals surface area contributed by atoms with E-state index in [1.54, 1.807) is 6.20 Å². The molecule has 1 N–H and O–H groups in total. The fourth-order valence-electron chi connectivity index (χ4n) is 1.16. The van der Waals surface area contributed by atoms with E-state index in [2.05, 4.69) is 31.1 Å². The van der Waals surface area contributed by atoms with Crippen LogP contribution in [-0.2, 0) is 0 Å². The number of rotatable bonds is 3. The minimum Gasteiger partial charge on any atom is -0.368 e. The van der Waals surface area contributed by atoms with Crippen LogP contribution in [0.25, 0.3) is 0 Å². The van der Waals surface area contributed by atoms with Gasteiger partial charge < -0.3 is 5.32 Å². The highest BCUT2D eigenvalue weighted by atomic mass is 35.5. The summed E-state index contributed by atoms with van der Waals surface area (Å²) in [7, 11) is 0. The zero-order chi connectivity index (χ0) is 11.5. The Morgan fingerprint density at radius 3 is 2.67 bits per heavy atom. The van der Waals surface area contributed by atoms with E-state index in [9.17, 15) is 0 Å². The van der Waals surface area contributed by atoms with Gasteiger partial charge in [0.2, 0.25) is 0 Å². The number of halogens is 1. The van der Waals surface area contributed by atoms with Crippen LogP contribution in [0.5, 0.6) is 0 Å². The number of hydrogen-bond acceptors (Lipinski definition) is 2. The first-order chi connectivity index (χ1) is 6.91. The topological polar surface area (TPSA) is 24.9 Å². The van der Waals surface area contributed by atoms with Crippen molar-refractivity contribution in [1.82, 2.24) is 4.98 Å². The third-order valence-corrected chi connectivity index (χ3v) is 3.21. The molecule has 1 aromatic rings. The van der Waals surface area contributed by atoms with Crippen molar-refractivity contribution in [2.45, 2.75) is 33.1 Å². The number of hydrogen-bond donors (Lipinski definition) is 1. The van der Waals surface area contributed by atoms with Crippen molar-refractivity contribution >= 4 is 17.4 Å². The van der Waals surface area contributed by atoms with Crippen LogP contribution in [0.15, 0.2) is 18.3 Å². The molecule has 1 aromatic heterocycles. The summed E-state index contributed by atoms with van der Waals surface area (Å²) in [5.74, 6) is 0.924. The summed E-state index contributed by atoms with van der Waals surface area (Å²) >= 11 is 6.27. The molecule has 1 atom stereocenters. The fraction of sp³-hybridized carbons (Fsp3) is 0.583. The van der Waals surface area contributed by atoms with E-state index >= 15 is 0 Å². The maximum Gasteiger partial charge on any atom is 0.128 e. The molecule has 0 aromatic carbocycles. The Bertz CT molecular complexity index is 318. The largest absolute Gasteiger partial charge is 0.368 e. The highest BCUT2D eigenvalue weighted by Crippen LogP contribution is 2.24. The molecule has 0 saturated carbocycles.